The Morgan fingerprint density at radius 1 is 1.38 bits per heavy atom. The van der Waals surface area contributed by atoms with Crippen LogP contribution in [0, 0.1) is 12.7 Å². The zero-order chi connectivity index (χ0) is 17.1. The summed E-state index contributed by atoms with van der Waals surface area (Å²) in [5, 5.41) is 11.0. The van der Waals surface area contributed by atoms with Gasteiger partial charge in [-0.05, 0) is 37.6 Å². The highest BCUT2D eigenvalue weighted by atomic mass is 19.1. The maximum atomic E-state index is 13.2. The number of aromatic nitrogens is 5. The van der Waals surface area contributed by atoms with Gasteiger partial charge in [0.1, 0.15) is 18.2 Å². The first-order chi connectivity index (χ1) is 11.5. The van der Waals surface area contributed by atoms with E-state index in [4.69, 9.17) is 0 Å². The molecule has 2 aromatic heterocycles. The number of halogens is 1. The Morgan fingerprint density at radius 3 is 2.92 bits per heavy atom. The van der Waals surface area contributed by atoms with Crippen molar-refractivity contribution in [1.82, 2.24) is 24.5 Å². The third kappa shape index (κ3) is 3.48. The summed E-state index contributed by atoms with van der Waals surface area (Å²) < 4.78 is 16.4. The van der Waals surface area contributed by atoms with Crippen molar-refractivity contribution in [2.45, 2.75) is 26.4 Å². The molecule has 7 nitrogen and oxygen atoms in total. The lowest BCUT2D eigenvalue weighted by Gasteiger charge is -2.12. The van der Waals surface area contributed by atoms with E-state index in [9.17, 15) is 9.18 Å². The fourth-order valence-corrected chi connectivity index (χ4v) is 2.36. The molecule has 0 saturated heterocycles. The van der Waals surface area contributed by atoms with Gasteiger partial charge in [-0.1, -0.05) is 12.1 Å². The van der Waals surface area contributed by atoms with Gasteiger partial charge in [-0.15, -0.1) is 5.10 Å². The highest BCUT2D eigenvalue weighted by Crippen LogP contribution is 2.11. The highest BCUT2D eigenvalue weighted by molar-refractivity contribution is 5.91. The average Bonchev–Trinajstić information content (AvgIpc) is 3.15. The van der Waals surface area contributed by atoms with Crippen LogP contribution in [0.15, 0.2) is 42.9 Å². The molecule has 0 saturated carbocycles. The molecular formula is C16H17FN6O. The minimum atomic E-state index is -0.477. The Balaban J connectivity index is 1.65. The molecule has 0 radical (unpaired) electrons. The molecule has 1 N–H and O–H groups in total. The van der Waals surface area contributed by atoms with Crippen molar-refractivity contribution in [1.29, 1.82) is 0 Å². The van der Waals surface area contributed by atoms with Gasteiger partial charge in [0.2, 0.25) is 5.95 Å². The molecule has 0 aliphatic carbocycles. The lowest BCUT2D eigenvalue weighted by Crippen LogP contribution is -2.25. The van der Waals surface area contributed by atoms with Crippen LogP contribution < -0.4 is 5.32 Å². The summed E-state index contributed by atoms with van der Waals surface area (Å²) in [6, 6.07) is 7.60. The van der Waals surface area contributed by atoms with E-state index in [0.717, 1.165) is 11.3 Å². The van der Waals surface area contributed by atoms with Gasteiger partial charge in [-0.2, -0.15) is 5.10 Å². The average molecular weight is 328 g/mol. The van der Waals surface area contributed by atoms with E-state index in [-0.39, 0.29) is 17.7 Å². The van der Waals surface area contributed by atoms with Gasteiger partial charge < -0.3 is 0 Å². The van der Waals surface area contributed by atoms with E-state index in [2.05, 4.69) is 20.5 Å². The van der Waals surface area contributed by atoms with Gasteiger partial charge >= 0.3 is 0 Å². The second-order valence-electron chi connectivity index (χ2n) is 5.48. The first-order valence-corrected chi connectivity index (χ1v) is 7.48. The standard InChI is InChI=1S/C16H17FN6O/c1-11-6-7-19-23(11)12(2)15(24)20-16-18-10-22(21-16)9-13-4-3-5-14(17)8-13/h3-8,10,12H,9H2,1-2H3,(H,20,21,24). The Morgan fingerprint density at radius 2 is 2.21 bits per heavy atom. The van der Waals surface area contributed by atoms with Crippen molar-refractivity contribution < 1.29 is 9.18 Å². The minimum absolute atomic E-state index is 0.202. The molecule has 0 fully saturated rings. The molecule has 3 aromatic rings. The molecule has 1 amide bonds. The third-order valence-corrected chi connectivity index (χ3v) is 3.62. The molecule has 8 heteroatoms. The van der Waals surface area contributed by atoms with Gasteiger partial charge in [-0.3, -0.25) is 14.8 Å². The number of carbonyl (C=O) groups is 1. The normalized spacial score (nSPS) is 12.1. The van der Waals surface area contributed by atoms with E-state index in [1.54, 1.807) is 29.9 Å². The van der Waals surface area contributed by atoms with E-state index in [1.807, 2.05) is 13.0 Å². The number of aryl methyl sites for hydroxylation is 1. The van der Waals surface area contributed by atoms with Gasteiger partial charge in [0.05, 0.1) is 6.54 Å². The number of amides is 1. The number of carbonyl (C=O) groups excluding carboxylic acids is 1. The van der Waals surface area contributed by atoms with Crippen molar-refractivity contribution in [2.24, 2.45) is 0 Å². The molecule has 1 aromatic carbocycles. The number of benzene rings is 1. The lowest BCUT2D eigenvalue weighted by atomic mass is 10.2. The van der Waals surface area contributed by atoms with Gasteiger partial charge in [0, 0.05) is 11.9 Å². The minimum Gasteiger partial charge on any atom is -0.291 e. The van der Waals surface area contributed by atoms with E-state index < -0.39 is 6.04 Å². The largest absolute Gasteiger partial charge is 0.291 e. The SMILES string of the molecule is Cc1ccnn1C(C)C(=O)Nc1ncn(Cc2cccc(F)c2)n1. The molecule has 1 atom stereocenters. The smallest absolute Gasteiger partial charge is 0.251 e. The second-order valence-corrected chi connectivity index (χ2v) is 5.48. The summed E-state index contributed by atoms with van der Waals surface area (Å²) in [7, 11) is 0. The van der Waals surface area contributed by atoms with E-state index in [0.29, 0.717) is 6.54 Å². The first-order valence-electron chi connectivity index (χ1n) is 7.48. The fourth-order valence-electron chi connectivity index (χ4n) is 2.36. The van der Waals surface area contributed by atoms with Crippen molar-refractivity contribution >= 4 is 11.9 Å². The molecule has 0 bridgehead atoms. The van der Waals surface area contributed by atoms with Gasteiger partial charge in [0.15, 0.2) is 0 Å². The molecule has 0 spiro atoms. The summed E-state index contributed by atoms with van der Waals surface area (Å²) in [6.45, 7) is 4.00. The first kappa shape index (κ1) is 15.9. The second kappa shape index (κ2) is 6.61. The predicted octanol–water partition coefficient (Wildman–Crippen LogP) is 2.17. The predicted molar refractivity (Wildman–Crippen MR) is 85.8 cm³/mol. The number of hydrogen-bond donors (Lipinski definition) is 1. The summed E-state index contributed by atoms with van der Waals surface area (Å²) in [4.78, 5) is 16.3. The van der Waals surface area contributed by atoms with E-state index >= 15 is 0 Å². The van der Waals surface area contributed by atoms with Crippen molar-refractivity contribution in [3.05, 3.63) is 59.9 Å². The molecule has 24 heavy (non-hydrogen) atoms. The van der Waals surface area contributed by atoms with Crippen LogP contribution in [0.25, 0.3) is 0 Å². The molecule has 124 valence electrons. The third-order valence-electron chi connectivity index (χ3n) is 3.62. The van der Waals surface area contributed by atoms with Crippen LogP contribution in [0.3, 0.4) is 0 Å². The highest BCUT2D eigenvalue weighted by Gasteiger charge is 2.18. The maximum Gasteiger partial charge on any atom is 0.251 e. The number of hydrogen-bond acceptors (Lipinski definition) is 4. The van der Waals surface area contributed by atoms with Crippen LogP contribution in [0.4, 0.5) is 10.3 Å². The summed E-state index contributed by atoms with van der Waals surface area (Å²) in [5.41, 5.74) is 1.65. The Hall–Kier alpha value is -3.03. The van der Waals surface area contributed by atoms with Crippen molar-refractivity contribution in [3.8, 4) is 0 Å². The van der Waals surface area contributed by atoms with E-state index in [1.165, 1.54) is 23.1 Å². The monoisotopic (exact) mass is 328 g/mol. The quantitative estimate of drug-likeness (QED) is 0.778. The van der Waals surface area contributed by atoms with Gasteiger partial charge in [-0.25, -0.2) is 14.1 Å². The fraction of sp³-hybridized carbons (Fsp3) is 0.250. The molecular weight excluding hydrogens is 311 g/mol. The van der Waals surface area contributed by atoms with Crippen LogP contribution in [0.2, 0.25) is 0 Å². The van der Waals surface area contributed by atoms with Crippen LogP contribution in [-0.4, -0.2) is 30.5 Å². The van der Waals surface area contributed by atoms with Crippen molar-refractivity contribution in [2.75, 3.05) is 5.32 Å². The van der Waals surface area contributed by atoms with Crippen LogP contribution >= 0.6 is 0 Å². The Labute approximate surface area is 138 Å². The molecule has 3 rings (SSSR count). The van der Waals surface area contributed by atoms with Crippen LogP contribution in [0.5, 0.6) is 0 Å². The lowest BCUT2D eigenvalue weighted by molar-refractivity contribution is -0.119. The zero-order valence-corrected chi connectivity index (χ0v) is 13.3. The number of anilines is 1. The summed E-state index contributed by atoms with van der Waals surface area (Å²) in [5.74, 6) is -0.358. The summed E-state index contributed by atoms with van der Waals surface area (Å²) >= 11 is 0. The van der Waals surface area contributed by atoms with Crippen LogP contribution in [-0.2, 0) is 11.3 Å². The summed E-state index contributed by atoms with van der Waals surface area (Å²) in [6.07, 6.45) is 3.13. The number of rotatable bonds is 5. The Kier molecular flexibility index (Phi) is 4.37. The molecule has 1 unspecified atom stereocenters. The van der Waals surface area contributed by atoms with Crippen LogP contribution in [0.1, 0.15) is 24.2 Å². The molecule has 0 aliphatic rings. The van der Waals surface area contributed by atoms with Crippen molar-refractivity contribution in [3.63, 3.8) is 0 Å². The van der Waals surface area contributed by atoms with Gasteiger partial charge in [0.25, 0.3) is 5.91 Å². The maximum absolute atomic E-state index is 13.2. The topological polar surface area (TPSA) is 77.6 Å². The zero-order valence-electron chi connectivity index (χ0n) is 13.3. The number of nitrogens with one attached hydrogen (secondary N) is 1. The number of nitrogens with zero attached hydrogens (tertiary/aromatic N) is 5. The Bertz CT molecular complexity index is 856. The molecule has 2 heterocycles. The molecule has 0 aliphatic heterocycles.